The number of carbonyl (C=O) groups excluding carboxylic acids is 2. The number of likely N-dealkylation sites (N-methyl/N-ethyl adjacent to an activating group) is 1. The molecule has 1 saturated heterocycles. The van der Waals surface area contributed by atoms with Crippen LogP contribution in [0.1, 0.15) is 39.4 Å². The van der Waals surface area contributed by atoms with Gasteiger partial charge in [0, 0.05) is 43.0 Å². The number of nitrogens with zero attached hydrogens (tertiary/aromatic N) is 3. The molecule has 0 bridgehead atoms. The molecule has 2 aliphatic rings. The van der Waals surface area contributed by atoms with Crippen LogP contribution in [0.25, 0.3) is 11.1 Å². The Balaban J connectivity index is 1.39. The fourth-order valence-electron chi connectivity index (χ4n) is 5.70. The molecule has 37 heavy (non-hydrogen) atoms. The Labute approximate surface area is 213 Å². The molecule has 0 aliphatic carbocycles. The van der Waals surface area contributed by atoms with Gasteiger partial charge >= 0.3 is 6.18 Å². The molecule has 2 aromatic carbocycles. The van der Waals surface area contributed by atoms with Gasteiger partial charge in [0.2, 0.25) is 0 Å². The number of amides is 1. The Morgan fingerprint density at radius 1 is 0.919 bits per heavy atom. The molecule has 194 valence electrons. The average molecular weight is 512 g/mol. The summed E-state index contributed by atoms with van der Waals surface area (Å²) in [4.78, 5) is 29.4. The molecule has 1 aromatic heterocycles. The molecule has 0 unspecified atom stereocenters. The number of rotatable bonds is 4. The largest absolute Gasteiger partial charge is 0.496 e. The van der Waals surface area contributed by atoms with Crippen molar-refractivity contribution in [2.45, 2.75) is 31.1 Å². The quantitative estimate of drug-likeness (QED) is 0.464. The van der Waals surface area contributed by atoms with Gasteiger partial charge in [-0.1, -0.05) is 30.3 Å². The van der Waals surface area contributed by atoms with Gasteiger partial charge < -0.3 is 14.2 Å². The van der Waals surface area contributed by atoms with E-state index in [1.807, 2.05) is 43.4 Å². The predicted octanol–water partition coefficient (Wildman–Crippen LogP) is 4.99. The van der Waals surface area contributed by atoms with E-state index in [1.54, 1.807) is 30.2 Å². The van der Waals surface area contributed by atoms with Crippen molar-refractivity contribution in [1.29, 1.82) is 0 Å². The van der Waals surface area contributed by atoms with Gasteiger partial charge in [-0.15, -0.1) is 0 Å². The van der Waals surface area contributed by atoms with Crippen LogP contribution in [0.5, 0.6) is 5.75 Å². The smallest absolute Gasteiger partial charge is 0.456 e. The molecule has 1 fully saturated rings. The summed E-state index contributed by atoms with van der Waals surface area (Å²) < 4.78 is 46.5. The summed E-state index contributed by atoms with van der Waals surface area (Å²) in [5.74, 6) is -1.24. The monoisotopic (exact) mass is 511 g/mol. The highest BCUT2D eigenvalue weighted by molar-refractivity contribution is 5.99. The topological polar surface area (TPSA) is 54.8 Å². The molecule has 9 heteroatoms. The lowest BCUT2D eigenvalue weighted by molar-refractivity contribution is -0.0892. The van der Waals surface area contributed by atoms with Gasteiger partial charge in [-0.25, -0.2) is 0 Å². The molecule has 3 aromatic rings. The molecule has 1 spiro atoms. The number of fused-ring (bicyclic) bond motifs is 2. The molecule has 2 aliphatic heterocycles. The number of piperidine rings is 1. The number of alkyl halides is 3. The van der Waals surface area contributed by atoms with Crippen LogP contribution in [0, 0.1) is 0 Å². The van der Waals surface area contributed by atoms with Crippen LogP contribution in [0.4, 0.5) is 13.2 Å². The molecular weight excluding hydrogens is 483 g/mol. The Hall–Kier alpha value is -3.59. The summed E-state index contributed by atoms with van der Waals surface area (Å²) in [5, 5.41) is 0. The second-order valence-corrected chi connectivity index (χ2v) is 9.61. The highest BCUT2D eigenvalue weighted by atomic mass is 19.4. The standard InChI is InChI=1S/C28H28F3N3O3/c1-32-16-17-34-22(25(35)28(29,30)31)9-11-24(34)27(32)12-14-33(15-13-27)26(36)20-8-10-23(37-2)21(18-20)19-6-4-3-5-7-19/h3-11,18H,12-17H2,1-2H3. The van der Waals surface area contributed by atoms with Crippen LogP contribution < -0.4 is 4.74 Å². The minimum atomic E-state index is -4.92. The van der Waals surface area contributed by atoms with E-state index in [2.05, 4.69) is 4.90 Å². The molecule has 3 heterocycles. The third-order valence-corrected chi connectivity index (χ3v) is 7.75. The lowest BCUT2D eigenvalue weighted by atomic mass is 9.81. The second-order valence-electron chi connectivity index (χ2n) is 9.61. The summed E-state index contributed by atoms with van der Waals surface area (Å²) in [6.45, 7) is 1.73. The van der Waals surface area contributed by atoms with Gasteiger partial charge in [0.25, 0.3) is 11.7 Å². The van der Waals surface area contributed by atoms with E-state index in [0.717, 1.165) is 11.1 Å². The van der Waals surface area contributed by atoms with Gasteiger partial charge in [0.15, 0.2) is 0 Å². The van der Waals surface area contributed by atoms with Crippen molar-refractivity contribution in [3.05, 3.63) is 77.6 Å². The maximum Gasteiger partial charge on any atom is 0.456 e. The zero-order chi connectivity index (χ0) is 26.4. The van der Waals surface area contributed by atoms with Crippen molar-refractivity contribution >= 4 is 11.7 Å². The zero-order valence-electron chi connectivity index (χ0n) is 20.7. The number of methoxy groups -OCH3 is 1. The fourth-order valence-corrected chi connectivity index (χ4v) is 5.70. The van der Waals surface area contributed by atoms with Crippen molar-refractivity contribution in [3.63, 3.8) is 0 Å². The number of ether oxygens (including phenoxy) is 1. The zero-order valence-corrected chi connectivity index (χ0v) is 20.7. The van der Waals surface area contributed by atoms with E-state index >= 15 is 0 Å². The first-order valence-electron chi connectivity index (χ1n) is 12.2. The molecule has 0 atom stereocenters. The van der Waals surface area contributed by atoms with Crippen LogP contribution in [0.15, 0.2) is 60.7 Å². The third kappa shape index (κ3) is 4.31. The van der Waals surface area contributed by atoms with E-state index in [9.17, 15) is 22.8 Å². The van der Waals surface area contributed by atoms with Gasteiger partial charge in [0.1, 0.15) is 5.75 Å². The summed E-state index contributed by atoms with van der Waals surface area (Å²) in [6.07, 6.45) is -3.81. The average Bonchev–Trinajstić information content (AvgIpc) is 3.35. The third-order valence-electron chi connectivity index (χ3n) is 7.75. The number of Topliss-reactive ketones (excluding diaryl/α,β-unsaturated/α-hetero) is 1. The molecule has 0 radical (unpaired) electrons. The number of halogens is 3. The van der Waals surface area contributed by atoms with E-state index in [-0.39, 0.29) is 11.6 Å². The van der Waals surface area contributed by atoms with Crippen molar-refractivity contribution < 1.29 is 27.5 Å². The lowest BCUT2D eigenvalue weighted by Crippen LogP contribution is -2.56. The maximum atomic E-state index is 13.5. The molecule has 5 rings (SSSR count). The number of benzene rings is 2. The van der Waals surface area contributed by atoms with Gasteiger partial charge in [-0.2, -0.15) is 13.2 Å². The van der Waals surface area contributed by atoms with Gasteiger partial charge in [-0.05, 0) is 55.8 Å². The van der Waals surface area contributed by atoms with Crippen molar-refractivity contribution in [2.24, 2.45) is 0 Å². The van der Waals surface area contributed by atoms with Crippen molar-refractivity contribution in [2.75, 3.05) is 33.8 Å². The number of likely N-dealkylation sites (tertiary alicyclic amines) is 1. The van der Waals surface area contributed by atoms with Crippen LogP contribution in [0.2, 0.25) is 0 Å². The maximum absolute atomic E-state index is 13.5. The minimum Gasteiger partial charge on any atom is -0.496 e. The predicted molar refractivity (Wildman–Crippen MR) is 133 cm³/mol. The Kier molecular flexibility index (Phi) is 6.35. The van der Waals surface area contributed by atoms with E-state index in [1.165, 1.54) is 10.6 Å². The molecule has 6 nitrogen and oxygen atoms in total. The van der Waals surface area contributed by atoms with E-state index < -0.39 is 17.5 Å². The summed E-state index contributed by atoms with van der Waals surface area (Å²) in [5.41, 5.74) is 2.18. The first kappa shape index (κ1) is 25.1. The number of hydrogen-bond acceptors (Lipinski definition) is 4. The highest BCUT2D eigenvalue weighted by Gasteiger charge is 2.47. The Morgan fingerprint density at radius 3 is 2.27 bits per heavy atom. The molecule has 0 saturated carbocycles. The van der Waals surface area contributed by atoms with E-state index in [0.29, 0.717) is 56.0 Å². The van der Waals surface area contributed by atoms with Crippen LogP contribution >= 0.6 is 0 Å². The summed E-state index contributed by atoms with van der Waals surface area (Å²) in [7, 11) is 3.55. The van der Waals surface area contributed by atoms with Crippen LogP contribution in [-0.2, 0) is 12.1 Å². The van der Waals surface area contributed by atoms with Crippen molar-refractivity contribution in [3.8, 4) is 16.9 Å². The first-order valence-corrected chi connectivity index (χ1v) is 12.2. The normalized spacial score (nSPS) is 17.5. The Bertz CT molecular complexity index is 1330. The fraction of sp³-hybridized carbons (Fsp3) is 0.357. The summed E-state index contributed by atoms with van der Waals surface area (Å²) >= 11 is 0. The molecule has 0 N–H and O–H groups in total. The number of carbonyl (C=O) groups is 2. The van der Waals surface area contributed by atoms with Crippen LogP contribution in [-0.4, -0.2) is 66.0 Å². The first-order chi connectivity index (χ1) is 17.7. The van der Waals surface area contributed by atoms with Gasteiger partial charge in [0.05, 0.1) is 18.3 Å². The molecule has 1 amide bonds. The van der Waals surface area contributed by atoms with Crippen molar-refractivity contribution in [1.82, 2.24) is 14.4 Å². The van der Waals surface area contributed by atoms with Crippen LogP contribution in [0.3, 0.4) is 0 Å². The summed E-state index contributed by atoms with van der Waals surface area (Å²) in [6, 6.07) is 18.0. The SMILES string of the molecule is COc1ccc(C(=O)N2CCC3(CC2)c2ccc(C(=O)C(F)(F)F)n2CCN3C)cc1-c1ccccc1. The number of hydrogen-bond donors (Lipinski definition) is 0. The van der Waals surface area contributed by atoms with Gasteiger partial charge in [-0.3, -0.25) is 14.5 Å². The lowest BCUT2D eigenvalue weighted by Gasteiger charge is -2.50. The second kappa shape index (κ2) is 9.37. The minimum absolute atomic E-state index is 0.100. The van der Waals surface area contributed by atoms with E-state index in [4.69, 9.17) is 4.74 Å². The number of aromatic nitrogens is 1. The Morgan fingerprint density at radius 2 is 1.62 bits per heavy atom. The molecular formula is C28H28F3N3O3. The highest BCUT2D eigenvalue weighted by Crippen LogP contribution is 2.42. The number of ketones is 1.